The van der Waals surface area contributed by atoms with Crippen molar-refractivity contribution in [2.24, 2.45) is 0 Å². The lowest BCUT2D eigenvalue weighted by Crippen LogP contribution is -2.26. The Labute approximate surface area is 407 Å². The van der Waals surface area contributed by atoms with E-state index in [2.05, 4.69) is 249 Å². The number of para-hydroxylation sites is 1. The van der Waals surface area contributed by atoms with Crippen molar-refractivity contribution in [1.29, 1.82) is 0 Å². The van der Waals surface area contributed by atoms with Crippen LogP contribution in [0.2, 0.25) is 0 Å². The lowest BCUT2D eigenvalue weighted by atomic mass is 9.70. The molecule has 0 saturated heterocycles. The highest BCUT2D eigenvalue weighted by Gasteiger charge is 2.51. The highest BCUT2D eigenvalue weighted by molar-refractivity contribution is 6.08. The van der Waals surface area contributed by atoms with E-state index in [1.54, 1.807) is 0 Å². The Hall–Kier alpha value is -8.72. The largest absolute Gasteiger partial charge is 0.456 e. The van der Waals surface area contributed by atoms with Crippen LogP contribution < -0.4 is 4.90 Å². The predicted molar refractivity (Wildman–Crippen MR) is 291 cm³/mol. The van der Waals surface area contributed by atoms with Gasteiger partial charge in [-0.3, -0.25) is 0 Å². The second-order valence-corrected chi connectivity index (χ2v) is 19.9. The van der Waals surface area contributed by atoms with Gasteiger partial charge in [-0.2, -0.15) is 0 Å². The first kappa shape index (κ1) is 39.3. The van der Waals surface area contributed by atoms with Crippen LogP contribution in [0.3, 0.4) is 0 Å². The topological polar surface area (TPSA) is 16.4 Å². The van der Waals surface area contributed by atoms with Crippen molar-refractivity contribution in [3.05, 3.63) is 270 Å². The summed E-state index contributed by atoms with van der Waals surface area (Å²) in [6.45, 7) is 4.71. The molecule has 0 unspecified atom stereocenters. The van der Waals surface area contributed by atoms with E-state index in [4.69, 9.17) is 4.42 Å². The van der Waals surface area contributed by atoms with Gasteiger partial charge in [-0.1, -0.05) is 196 Å². The number of rotatable bonds is 5. The zero-order valence-electron chi connectivity index (χ0n) is 38.9. The molecular weight excluding hydrogens is 847 g/mol. The number of hydrogen-bond acceptors (Lipinski definition) is 2. The van der Waals surface area contributed by atoms with E-state index in [0.717, 1.165) is 44.6 Å². The SMILES string of the molecule is CC1(C)c2ccccc2-c2cc(-c3c(-c4cccc(N(c5ccc6c(c5)C5(c7ccccc7-c7ccccc75)c5ccccc5-6)c5ccc6c(c5)oc5ccccc56)c4)ccc4ccccc34)ccc21. The molecule has 11 aromatic carbocycles. The van der Waals surface area contributed by atoms with Crippen molar-refractivity contribution >= 4 is 49.8 Å². The van der Waals surface area contributed by atoms with E-state index in [0.29, 0.717) is 0 Å². The Morgan fingerprint density at radius 2 is 0.857 bits per heavy atom. The number of benzene rings is 11. The van der Waals surface area contributed by atoms with Crippen molar-refractivity contribution in [2.75, 3.05) is 4.90 Å². The minimum Gasteiger partial charge on any atom is -0.456 e. The molecule has 0 radical (unpaired) electrons. The van der Waals surface area contributed by atoms with Gasteiger partial charge in [-0.25, -0.2) is 0 Å². The molecule has 1 aromatic heterocycles. The van der Waals surface area contributed by atoms with Gasteiger partial charge >= 0.3 is 0 Å². The number of hydrogen-bond donors (Lipinski definition) is 0. The summed E-state index contributed by atoms with van der Waals surface area (Å²) in [5.41, 5.74) is 25.1. The van der Waals surface area contributed by atoms with Gasteiger partial charge in [0.05, 0.1) is 5.41 Å². The molecule has 0 amide bonds. The molecule has 0 saturated carbocycles. The van der Waals surface area contributed by atoms with Gasteiger partial charge in [0.2, 0.25) is 0 Å². The fourth-order valence-electron chi connectivity index (χ4n) is 13.0. The highest BCUT2D eigenvalue weighted by Crippen LogP contribution is 2.63. The van der Waals surface area contributed by atoms with E-state index in [1.165, 1.54) is 94.2 Å². The van der Waals surface area contributed by atoms with Crippen LogP contribution in [0.1, 0.15) is 47.2 Å². The fourth-order valence-corrected chi connectivity index (χ4v) is 13.0. The summed E-state index contributed by atoms with van der Waals surface area (Å²) >= 11 is 0. The molecule has 15 rings (SSSR count). The Kier molecular flexibility index (Phi) is 8.08. The standard InChI is InChI=1S/C68H45NO/c1-67(2)58-25-10-5-23-53(58)57-39-44(31-37-59(57)67)66-48-19-4-3-16-42(48)30-34-49(66)43-17-15-18-45(38-43)69(47-33-36-56-55-24-9-14-29-64(55)70-65(56)41-47)46-32-35-54-52-22-8-13-28-62(52)68(63(54)40-46)60-26-11-6-20-50(60)51-21-7-12-27-61(51)68/h3-41H,1-2H3. The summed E-state index contributed by atoms with van der Waals surface area (Å²) in [6, 6.07) is 88.1. The average Bonchev–Trinajstić information content (AvgIpc) is 4.10. The van der Waals surface area contributed by atoms with Gasteiger partial charge in [0.15, 0.2) is 0 Å². The van der Waals surface area contributed by atoms with Crippen LogP contribution >= 0.6 is 0 Å². The van der Waals surface area contributed by atoms with Crippen LogP contribution in [-0.2, 0) is 10.8 Å². The van der Waals surface area contributed by atoms with Gasteiger partial charge < -0.3 is 9.32 Å². The van der Waals surface area contributed by atoms with Crippen LogP contribution in [0.15, 0.2) is 241 Å². The van der Waals surface area contributed by atoms with Crippen LogP contribution in [0.5, 0.6) is 0 Å². The molecule has 0 bridgehead atoms. The van der Waals surface area contributed by atoms with Crippen LogP contribution in [0.4, 0.5) is 17.1 Å². The van der Waals surface area contributed by atoms with Gasteiger partial charge in [0.1, 0.15) is 11.2 Å². The highest BCUT2D eigenvalue weighted by atomic mass is 16.3. The molecule has 12 aromatic rings. The van der Waals surface area contributed by atoms with Crippen molar-refractivity contribution in [2.45, 2.75) is 24.7 Å². The van der Waals surface area contributed by atoms with Gasteiger partial charge in [-0.15, -0.1) is 0 Å². The predicted octanol–water partition coefficient (Wildman–Crippen LogP) is 18.2. The second-order valence-electron chi connectivity index (χ2n) is 19.9. The number of furan rings is 1. The molecule has 2 heteroatoms. The number of nitrogens with zero attached hydrogens (tertiary/aromatic N) is 1. The second kappa shape index (κ2) is 14.4. The first-order valence-electron chi connectivity index (χ1n) is 24.5. The van der Waals surface area contributed by atoms with Crippen molar-refractivity contribution < 1.29 is 4.42 Å². The van der Waals surface area contributed by atoms with Crippen molar-refractivity contribution in [3.8, 4) is 55.6 Å². The fraction of sp³-hybridized carbons (Fsp3) is 0.0588. The minimum absolute atomic E-state index is 0.0697. The Bertz CT molecular complexity index is 4120. The summed E-state index contributed by atoms with van der Waals surface area (Å²) in [5, 5.41) is 4.69. The molecule has 1 heterocycles. The molecule has 0 N–H and O–H groups in total. The molecule has 0 fully saturated rings. The van der Waals surface area contributed by atoms with E-state index in [-0.39, 0.29) is 5.41 Å². The first-order chi connectivity index (χ1) is 34.5. The minimum atomic E-state index is -0.475. The Morgan fingerprint density at radius 1 is 0.314 bits per heavy atom. The number of fused-ring (bicyclic) bond motifs is 17. The van der Waals surface area contributed by atoms with Crippen LogP contribution in [-0.4, -0.2) is 0 Å². The van der Waals surface area contributed by atoms with Crippen molar-refractivity contribution in [1.82, 2.24) is 0 Å². The third-order valence-electron chi connectivity index (χ3n) is 16.1. The average molecular weight is 892 g/mol. The summed E-state index contributed by atoms with van der Waals surface area (Å²) in [6.07, 6.45) is 0. The molecule has 0 atom stereocenters. The van der Waals surface area contributed by atoms with E-state index >= 15 is 0 Å². The number of anilines is 3. The lowest BCUT2D eigenvalue weighted by Gasteiger charge is -2.32. The van der Waals surface area contributed by atoms with Crippen LogP contribution in [0, 0.1) is 0 Å². The van der Waals surface area contributed by atoms with Gasteiger partial charge in [0, 0.05) is 39.3 Å². The first-order valence-corrected chi connectivity index (χ1v) is 24.5. The quantitative estimate of drug-likeness (QED) is 0.171. The molecule has 2 nitrogen and oxygen atoms in total. The summed E-state index contributed by atoms with van der Waals surface area (Å²) in [4.78, 5) is 2.44. The third kappa shape index (κ3) is 5.28. The molecule has 3 aliphatic rings. The lowest BCUT2D eigenvalue weighted by molar-refractivity contribution is 0.660. The molecule has 0 aliphatic heterocycles. The maximum Gasteiger partial charge on any atom is 0.137 e. The van der Waals surface area contributed by atoms with Gasteiger partial charge in [-0.05, 0) is 148 Å². The van der Waals surface area contributed by atoms with Gasteiger partial charge in [0.25, 0.3) is 0 Å². The smallest absolute Gasteiger partial charge is 0.137 e. The maximum absolute atomic E-state index is 6.62. The third-order valence-corrected chi connectivity index (χ3v) is 16.1. The van der Waals surface area contributed by atoms with E-state index in [9.17, 15) is 0 Å². The van der Waals surface area contributed by atoms with E-state index < -0.39 is 5.41 Å². The zero-order valence-corrected chi connectivity index (χ0v) is 38.9. The van der Waals surface area contributed by atoms with Crippen LogP contribution in [0.25, 0.3) is 88.3 Å². The zero-order chi connectivity index (χ0) is 46.3. The summed E-state index contributed by atoms with van der Waals surface area (Å²) in [5.74, 6) is 0. The summed E-state index contributed by atoms with van der Waals surface area (Å²) < 4.78 is 6.62. The molecular formula is C68H45NO. The molecule has 328 valence electrons. The summed E-state index contributed by atoms with van der Waals surface area (Å²) in [7, 11) is 0. The van der Waals surface area contributed by atoms with E-state index in [1.807, 2.05) is 6.07 Å². The monoisotopic (exact) mass is 891 g/mol. The Morgan fingerprint density at radius 3 is 1.60 bits per heavy atom. The molecule has 1 spiro atoms. The molecule has 70 heavy (non-hydrogen) atoms. The van der Waals surface area contributed by atoms with Crippen molar-refractivity contribution in [3.63, 3.8) is 0 Å². The molecule has 3 aliphatic carbocycles. The maximum atomic E-state index is 6.62. The Balaban J connectivity index is 0.958. The normalized spacial score (nSPS) is 14.1.